The number of carbonyl (C=O) groups excluding carboxylic acids is 2. The minimum Gasteiger partial charge on any atom is -0.366 e. The summed E-state index contributed by atoms with van der Waals surface area (Å²) < 4.78 is 0. The van der Waals surface area contributed by atoms with Crippen LogP contribution in [0.1, 0.15) is 21.5 Å². The number of hydrogen-bond donors (Lipinski definition) is 2. The molecule has 0 aromatic heterocycles. The molecule has 0 atom stereocenters. The van der Waals surface area contributed by atoms with Crippen molar-refractivity contribution in [2.45, 2.75) is 13.0 Å². The molecule has 0 aliphatic rings. The van der Waals surface area contributed by atoms with E-state index in [9.17, 15) is 9.59 Å². The molecule has 0 radical (unpaired) electrons. The Morgan fingerprint density at radius 2 is 1.67 bits per heavy atom. The van der Waals surface area contributed by atoms with E-state index in [-0.39, 0.29) is 5.91 Å². The van der Waals surface area contributed by atoms with Gasteiger partial charge in [0.1, 0.15) is 0 Å². The second-order valence-electron chi connectivity index (χ2n) is 5.66. The first-order valence-corrected chi connectivity index (χ1v) is 7.75. The second-order valence-corrected chi connectivity index (χ2v) is 5.66. The van der Waals surface area contributed by atoms with E-state index >= 15 is 0 Å². The number of primary amides is 1. The van der Waals surface area contributed by atoms with E-state index in [1.807, 2.05) is 48.5 Å². The molecule has 24 heavy (non-hydrogen) atoms. The van der Waals surface area contributed by atoms with Crippen LogP contribution in [0.3, 0.4) is 0 Å². The number of carbonyl (C=O) groups is 2. The highest BCUT2D eigenvalue weighted by molar-refractivity contribution is 5.93. The van der Waals surface area contributed by atoms with E-state index in [4.69, 9.17) is 5.73 Å². The van der Waals surface area contributed by atoms with Crippen LogP contribution in [0.15, 0.2) is 66.7 Å². The Bertz CT molecular complexity index is 898. The summed E-state index contributed by atoms with van der Waals surface area (Å²) in [4.78, 5) is 23.4. The number of nitrogens with one attached hydrogen (secondary N) is 1. The van der Waals surface area contributed by atoms with Crippen LogP contribution in [0, 0.1) is 0 Å². The largest absolute Gasteiger partial charge is 0.366 e. The van der Waals surface area contributed by atoms with Crippen molar-refractivity contribution in [3.05, 3.63) is 83.4 Å². The van der Waals surface area contributed by atoms with Crippen LogP contribution < -0.4 is 11.1 Å². The van der Waals surface area contributed by atoms with E-state index in [1.54, 1.807) is 18.2 Å². The third-order valence-corrected chi connectivity index (χ3v) is 3.93. The molecule has 0 unspecified atom stereocenters. The standard InChI is InChI=1S/C20H18N2O2/c21-20(24)17-9-3-5-14(11-17)13-22-19(23)12-16-8-4-7-15-6-1-2-10-18(15)16/h1-11H,12-13H2,(H2,21,24)(H,22,23). The molecular weight excluding hydrogens is 300 g/mol. The molecule has 4 nitrogen and oxygen atoms in total. The first-order chi connectivity index (χ1) is 11.6. The Hall–Kier alpha value is -3.14. The smallest absolute Gasteiger partial charge is 0.248 e. The molecule has 3 rings (SSSR count). The lowest BCUT2D eigenvalue weighted by Crippen LogP contribution is -2.24. The number of benzene rings is 3. The number of rotatable bonds is 5. The summed E-state index contributed by atoms with van der Waals surface area (Å²) in [5.41, 5.74) is 7.55. The Labute approximate surface area is 140 Å². The molecule has 0 saturated carbocycles. The molecule has 0 aliphatic carbocycles. The molecule has 0 fully saturated rings. The Balaban J connectivity index is 1.67. The summed E-state index contributed by atoms with van der Waals surface area (Å²) in [6, 6.07) is 20.9. The molecule has 2 amide bonds. The zero-order valence-corrected chi connectivity index (χ0v) is 13.2. The Morgan fingerprint density at radius 1 is 0.917 bits per heavy atom. The van der Waals surface area contributed by atoms with Crippen LogP contribution in [0.2, 0.25) is 0 Å². The predicted octanol–water partition coefficient (Wildman–Crippen LogP) is 2.80. The van der Waals surface area contributed by atoms with Crippen LogP contribution >= 0.6 is 0 Å². The second kappa shape index (κ2) is 6.96. The van der Waals surface area contributed by atoms with E-state index in [1.165, 1.54) is 0 Å². The van der Waals surface area contributed by atoms with Gasteiger partial charge >= 0.3 is 0 Å². The highest BCUT2D eigenvalue weighted by Gasteiger charge is 2.07. The van der Waals surface area contributed by atoms with Gasteiger partial charge in [-0.15, -0.1) is 0 Å². The highest BCUT2D eigenvalue weighted by Crippen LogP contribution is 2.18. The van der Waals surface area contributed by atoms with Gasteiger partial charge in [-0.25, -0.2) is 0 Å². The average molecular weight is 318 g/mol. The molecular formula is C20H18N2O2. The summed E-state index contributed by atoms with van der Waals surface area (Å²) >= 11 is 0. The number of hydrogen-bond acceptors (Lipinski definition) is 2. The van der Waals surface area contributed by atoms with Gasteiger partial charge in [0.05, 0.1) is 6.42 Å². The third kappa shape index (κ3) is 3.60. The van der Waals surface area contributed by atoms with Crippen LogP contribution in [0.25, 0.3) is 10.8 Å². The molecule has 0 aliphatic heterocycles. The van der Waals surface area contributed by atoms with Gasteiger partial charge in [-0.1, -0.05) is 54.6 Å². The monoisotopic (exact) mass is 318 g/mol. The lowest BCUT2D eigenvalue weighted by Gasteiger charge is -2.08. The van der Waals surface area contributed by atoms with Crippen molar-refractivity contribution < 1.29 is 9.59 Å². The van der Waals surface area contributed by atoms with Crippen molar-refractivity contribution in [2.75, 3.05) is 0 Å². The lowest BCUT2D eigenvalue weighted by molar-refractivity contribution is -0.120. The fraction of sp³-hybridized carbons (Fsp3) is 0.100. The number of amides is 2. The fourth-order valence-electron chi connectivity index (χ4n) is 2.72. The zero-order valence-electron chi connectivity index (χ0n) is 13.2. The van der Waals surface area contributed by atoms with E-state index in [2.05, 4.69) is 5.32 Å². The predicted molar refractivity (Wildman–Crippen MR) is 94.5 cm³/mol. The van der Waals surface area contributed by atoms with E-state index in [0.717, 1.165) is 21.9 Å². The molecule has 3 N–H and O–H groups in total. The topological polar surface area (TPSA) is 72.2 Å². The van der Waals surface area contributed by atoms with Crippen LogP contribution in [0.4, 0.5) is 0 Å². The molecule has 4 heteroatoms. The number of fused-ring (bicyclic) bond motifs is 1. The summed E-state index contributed by atoms with van der Waals surface area (Å²) in [5.74, 6) is -0.533. The normalized spacial score (nSPS) is 10.5. The fourth-order valence-corrected chi connectivity index (χ4v) is 2.72. The van der Waals surface area contributed by atoms with Gasteiger partial charge in [-0.3, -0.25) is 9.59 Å². The molecule has 3 aromatic carbocycles. The third-order valence-electron chi connectivity index (χ3n) is 3.93. The van der Waals surface area contributed by atoms with Gasteiger partial charge < -0.3 is 11.1 Å². The molecule has 120 valence electrons. The summed E-state index contributed by atoms with van der Waals surface area (Å²) in [7, 11) is 0. The van der Waals surface area contributed by atoms with Crippen molar-refractivity contribution >= 4 is 22.6 Å². The van der Waals surface area contributed by atoms with E-state index in [0.29, 0.717) is 18.5 Å². The van der Waals surface area contributed by atoms with E-state index < -0.39 is 5.91 Å². The minimum absolute atomic E-state index is 0.0594. The van der Waals surface area contributed by atoms with Gasteiger partial charge in [0.2, 0.25) is 11.8 Å². The van der Waals surface area contributed by atoms with Crippen molar-refractivity contribution in [2.24, 2.45) is 5.73 Å². The number of nitrogens with two attached hydrogens (primary N) is 1. The Kier molecular flexibility index (Phi) is 4.57. The SMILES string of the molecule is NC(=O)c1cccc(CNC(=O)Cc2cccc3ccccc23)c1. The summed E-state index contributed by atoms with van der Waals surface area (Å²) in [6.45, 7) is 0.366. The maximum Gasteiger partial charge on any atom is 0.248 e. The highest BCUT2D eigenvalue weighted by atomic mass is 16.1. The van der Waals surface area contributed by atoms with Crippen LogP contribution in [0.5, 0.6) is 0 Å². The molecule has 3 aromatic rings. The van der Waals surface area contributed by atoms with Crippen LogP contribution in [-0.2, 0) is 17.8 Å². The van der Waals surface area contributed by atoms with Crippen molar-refractivity contribution in [1.29, 1.82) is 0 Å². The van der Waals surface area contributed by atoms with Gasteiger partial charge in [-0.2, -0.15) is 0 Å². The first kappa shape index (κ1) is 15.7. The van der Waals surface area contributed by atoms with Crippen molar-refractivity contribution in [1.82, 2.24) is 5.32 Å². The minimum atomic E-state index is -0.473. The summed E-state index contributed by atoms with van der Waals surface area (Å²) in [6.07, 6.45) is 0.316. The maximum absolute atomic E-state index is 12.2. The van der Waals surface area contributed by atoms with Crippen molar-refractivity contribution in [3.8, 4) is 0 Å². The average Bonchev–Trinajstić information content (AvgIpc) is 2.60. The molecule has 0 saturated heterocycles. The zero-order chi connectivity index (χ0) is 16.9. The summed E-state index contributed by atoms with van der Waals surface area (Å²) in [5, 5.41) is 5.10. The molecule has 0 heterocycles. The lowest BCUT2D eigenvalue weighted by atomic mass is 10.0. The van der Waals surface area contributed by atoms with Crippen LogP contribution in [-0.4, -0.2) is 11.8 Å². The van der Waals surface area contributed by atoms with Gasteiger partial charge in [0.15, 0.2) is 0 Å². The maximum atomic E-state index is 12.2. The quantitative estimate of drug-likeness (QED) is 0.759. The van der Waals surface area contributed by atoms with Gasteiger partial charge in [0.25, 0.3) is 0 Å². The Morgan fingerprint density at radius 3 is 2.50 bits per heavy atom. The van der Waals surface area contributed by atoms with Gasteiger partial charge in [0, 0.05) is 12.1 Å². The first-order valence-electron chi connectivity index (χ1n) is 7.75. The molecule has 0 spiro atoms. The van der Waals surface area contributed by atoms with Gasteiger partial charge in [-0.05, 0) is 34.0 Å². The molecule has 0 bridgehead atoms. The van der Waals surface area contributed by atoms with Crippen molar-refractivity contribution in [3.63, 3.8) is 0 Å².